The average molecular weight is 250 g/mol. The van der Waals surface area contributed by atoms with E-state index in [9.17, 15) is 4.79 Å². The highest BCUT2D eigenvalue weighted by Gasteiger charge is 2.16. The lowest BCUT2D eigenvalue weighted by Gasteiger charge is -2.16. The van der Waals surface area contributed by atoms with Crippen molar-refractivity contribution in [3.8, 4) is 0 Å². The van der Waals surface area contributed by atoms with E-state index in [-0.39, 0.29) is 11.8 Å². The van der Waals surface area contributed by atoms with Gasteiger partial charge in [0.1, 0.15) is 5.82 Å². The van der Waals surface area contributed by atoms with Gasteiger partial charge in [-0.15, -0.1) is 0 Å². The molecule has 1 heterocycles. The van der Waals surface area contributed by atoms with Crippen LogP contribution < -0.4 is 16.0 Å². The summed E-state index contributed by atoms with van der Waals surface area (Å²) in [6.45, 7) is 4.26. The van der Waals surface area contributed by atoms with E-state index >= 15 is 0 Å². The molecular formula is C13H22N4O. The van der Waals surface area contributed by atoms with E-state index in [1.807, 2.05) is 51.0 Å². The maximum absolute atomic E-state index is 11.7. The number of anilines is 1. The number of aromatic nitrogens is 1. The molecule has 0 fully saturated rings. The highest BCUT2D eigenvalue weighted by Crippen LogP contribution is 2.07. The number of carbonyl (C=O) groups is 1. The molecule has 1 amide bonds. The summed E-state index contributed by atoms with van der Waals surface area (Å²) in [4.78, 5) is 18.0. The summed E-state index contributed by atoms with van der Waals surface area (Å²) in [6, 6.07) is 5.26. The molecule has 18 heavy (non-hydrogen) atoms. The van der Waals surface area contributed by atoms with E-state index < -0.39 is 6.04 Å². The van der Waals surface area contributed by atoms with Crippen LogP contribution in [0.2, 0.25) is 0 Å². The number of hydrogen-bond acceptors (Lipinski definition) is 4. The molecule has 5 nitrogen and oxygen atoms in total. The summed E-state index contributed by atoms with van der Waals surface area (Å²) >= 11 is 0. The van der Waals surface area contributed by atoms with Crippen LogP contribution in [0.25, 0.3) is 0 Å². The van der Waals surface area contributed by atoms with Crippen molar-refractivity contribution in [2.24, 2.45) is 11.7 Å². The summed E-state index contributed by atoms with van der Waals surface area (Å²) in [6.07, 6.45) is 0. The van der Waals surface area contributed by atoms with Crippen LogP contribution in [-0.4, -0.2) is 31.0 Å². The Balaban J connectivity index is 2.58. The van der Waals surface area contributed by atoms with Crippen LogP contribution in [0.4, 0.5) is 5.82 Å². The molecule has 5 heteroatoms. The van der Waals surface area contributed by atoms with Crippen molar-refractivity contribution < 1.29 is 4.79 Å². The molecule has 0 aromatic carbocycles. The zero-order valence-corrected chi connectivity index (χ0v) is 11.5. The molecule has 1 aromatic heterocycles. The van der Waals surface area contributed by atoms with Crippen molar-refractivity contribution in [1.29, 1.82) is 0 Å². The minimum absolute atomic E-state index is 0.131. The molecule has 1 rings (SSSR count). The average Bonchev–Trinajstić information content (AvgIpc) is 2.35. The van der Waals surface area contributed by atoms with Crippen LogP contribution in [0, 0.1) is 5.92 Å². The fraction of sp³-hybridized carbons (Fsp3) is 0.538. The van der Waals surface area contributed by atoms with Gasteiger partial charge in [0, 0.05) is 14.1 Å². The quantitative estimate of drug-likeness (QED) is 0.809. The lowest BCUT2D eigenvalue weighted by molar-refractivity contribution is -0.123. The van der Waals surface area contributed by atoms with E-state index in [1.165, 1.54) is 0 Å². The molecule has 0 unspecified atom stereocenters. The third kappa shape index (κ3) is 4.00. The van der Waals surface area contributed by atoms with E-state index in [1.54, 1.807) is 0 Å². The normalized spacial score (nSPS) is 12.3. The first-order chi connectivity index (χ1) is 8.41. The molecule has 3 N–H and O–H groups in total. The predicted molar refractivity (Wildman–Crippen MR) is 73.2 cm³/mol. The Morgan fingerprint density at radius 3 is 2.67 bits per heavy atom. The van der Waals surface area contributed by atoms with E-state index in [0.29, 0.717) is 6.54 Å². The van der Waals surface area contributed by atoms with Crippen LogP contribution in [0.3, 0.4) is 0 Å². The molecule has 100 valence electrons. The molecule has 0 saturated carbocycles. The van der Waals surface area contributed by atoms with Gasteiger partial charge < -0.3 is 16.0 Å². The smallest absolute Gasteiger partial charge is 0.237 e. The number of nitrogens with two attached hydrogens (primary N) is 1. The maximum Gasteiger partial charge on any atom is 0.237 e. The lowest BCUT2D eigenvalue weighted by Crippen LogP contribution is -2.43. The van der Waals surface area contributed by atoms with Crippen molar-refractivity contribution >= 4 is 11.7 Å². The number of nitrogens with zero attached hydrogens (tertiary/aromatic N) is 2. The first-order valence-electron chi connectivity index (χ1n) is 6.08. The second-order valence-corrected chi connectivity index (χ2v) is 4.87. The largest absolute Gasteiger partial charge is 0.363 e. The molecule has 0 aliphatic rings. The molecular weight excluding hydrogens is 228 g/mol. The molecule has 0 saturated heterocycles. The van der Waals surface area contributed by atoms with Gasteiger partial charge in [0.25, 0.3) is 0 Å². The van der Waals surface area contributed by atoms with Gasteiger partial charge in [0.15, 0.2) is 0 Å². The number of nitrogens with one attached hydrogen (secondary N) is 1. The van der Waals surface area contributed by atoms with E-state index in [0.717, 1.165) is 11.5 Å². The van der Waals surface area contributed by atoms with Gasteiger partial charge in [-0.2, -0.15) is 0 Å². The molecule has 0 aliphatic carbocycles. The van der Waals surface area contributed by atoms with Crippen LogP contribution in [-0.2, 0) is 11.3 Å². The van der Waals surface area contributed by atoms with Crippen molar-refractivity contribution in [1.82, 2.24) is 10.3 Å². The number of pyridine rings is 1. The second kappa shape index (κ2) is 6.35. The Kier molecular flexibility index (Phi) is 5.09. The van der Waals surface area contributed by atoms with Crippen molar-refractivity contribution in [3.63, 3.8) is 0 Å². The summed E-state index contributed by atoms with van der Waals surface area (Å²) in [5, 5.41) is 2.80. The van der Waals surface area contributed by atoms with Crippen LogP contribution >= 0.6 is 0 Å². The topological polar surface area (TPSA) is 71.2 Å². The number of amides is 1. The molecule has 0 bridgehead atoms. The Labute approximate surface area is 108 Å². The molecule has 1 atom stereocenters. The Hall–Kier alpha value is -1.62. The number of carbonyl (C=O) groups excluding carboxylic acids is 1. The first-order valence-corrected chi connectivity index (χ1v) is 6.08. The summed E-state index contributed by atoms with van der Waals surface area (Å²) in [5.41, 5.74) is 6.59. The monoisotopic (exact) mass is 250 g/mol. The Morgan fingerprint density at radius 2 is 2.11 bits per heavy atom. The number of rotatable bonds is 5. The third-order valence-electron chi connectivity index (χ3n) is 2.71. The first kappa shape index (κ1) is 14.4. The van der Waals surface area contributed by atoms with Crippen LogP contribution in [0.5, 0.6) is 0 Å². The SMILES string of the molecule is CC(C)[C@H](N)C(=O)NCc1cccc(N(C)C)n1. The molecule has 0 spiro atoms. The van der Waals surface area contributed by atoms with Gasteiger partial charge in [0.05, 0.1) is 18.3 Å². The zero-order chi connectivity index (χ0) is 13.7. The summed E-state index contributed by atoms with van der Waals surface area (Å²) in [5.74, 6) is 0.864. The predicted octanol–water partition coefficient (Wildman–Crippen LogP) is 0.747. The summed E-state index contributed by atoms with van der Waals surface area (Å²) in [7, 11) is 3.86. The molecule has 0 radical (unpaired) electrons. The van der Waals surface area contributed by atoms with Crippen LogP contribution in [0.1, 0.15) is 19.5 Å². The van der Waals surface area contributed by atoms with E-state index in [4.69, 9.17) is 5.73 Å². The Morgan fingerprint density at radius 1 is 1.44 bits per heavy atom. The third-order valence-corrected chi connectivity index (χ3v) is 2.71. The molecule has 1 aromatic rings. The minimum atomic E-state index is -0.470. The summed E-state index contributed by atoms with van der Waals surface area (Å²) < 4.78 is 0. The highest BCUT2D eigenvalue weighted by atomic mass is 16.2. The van der Waals surface area contributed by atoms with Crippen molar-refractivity contribution in [3.05, 3.63) is 23.9 Å². The zero-order valence-electron chi connectivity index (χ0n) is 11.5. The van der Waals surface area contributed by atoms with Gasteiger partial charge in [-0.1, -0.05) is 19.9 Å². The van der Waals surface area contributed by atoms with Crippen LogP contribution in [0.15, 0.2) is 18.2 Å². The van der Waals surface area contributed by atoms with Gasteiger partial charge in [-0.05, 0) is 18.1 Å². The maximum atomic E-state index is 11.7. The Bertz CT molecular complexity index is 404. The van der Waals surface area contributed by atoms with E-state index in [2.05, 4.69) is 10.3 Å². The fourth-order valence-corrected chi connectivity index (χ4v) is 1.41. The lowest BCUT2D eigenvalue weighted by atomic mass is 10.1. The molecule has 0 aliphatic heterocycles. The highest BCUT2D eigenvalue weighted by molar-refractivity contribution is 5.81. The second-order valence-electron chi connectivity index (χ2n) is 4.87. The van der Waals surface area contributed by atoms with Crippen molar-refractivity contribution in [2.75, 3.05) is 19.0 Å². The van der Waals surface area contributed by atoms with Gasteiger partial charge in [-0.3, -0.25) is 4.79 Å². The van der Waals surface area contributed by atoms with Gasteiger partial charge >= 0.3 is 0 Å². The fourth-order valence-electron chi connectivity index (χ4n) is 1.41. The van der Waals surface area contributed by atoms with Gasteiger partial charge in [-0.25, -0.2) is 4.98 Å². The standard InChI is InChI=1S/C13H22N4O/c1-9(2)12(14)13(18)15-8-10-6-5-7-11(16-10)17(3)4/h5-7,9,12H,8,14H2,1-4H3,(H,15,18)/t12-/m0/s1. The minimum Gasteiger partial charge on any atom is -0.363 e. The number of hydrogen-bond donors (Lipinski definition) is 2. The van der Waals surface area contributed by atoms with Gasteiger partial charge in [0.2, 0.25) is 5.91 Å². The van der Waals surface area contributed by atoms with Crippen molar-refractivity contribution in [2.45, 2.75) is 26.4 Å².